The first-order valence-electron chi connectivity index (χ1n) is 10.9. The number of pyridine rings is 1. The molecule has 172 valence electrons. The van der Waals surface area contributed by atoms with Gasteiger partial charge in [-0.1, -0.05) is 37.3 Å². The molecule has 3 aromatic heterocycles. The van der Waals surface area contributed by atoms with E-state index in [0.29, 0.717) is 34.5 Å². The monoisotopic (exact) mass is 484 g/mol. The van der Waals surface area contributed by atoms with E-state index in [1.54, 1.807) is 24.5 Å². The number of nitrogens with one attached hydrogen (secondary N) is 3. The van der Waals surface area contributed by atoms with Gasteiger partial charge in [-0.15, -0.1) is 11.3 Å². The van der Waals surface area contributed by atoms with E-state index in [9.17, 15) is 9.59 Å². The second-order valence-electron chi connectivity index (χ2n) is 8.04. The van der Waals surface area contributed by atoms with Crippen LogP contribution < -0.4 is 16.0 Å². The van der Waals surface area contributed by atoms with Crippen LogP contribution in [0.25, 0.3) is 0 Å². The molecule has 1 aliphatic carbocycles. The van der Waals surface area contributed by atoms with Crippen LogP contribution in [0.4, 0.5) is 11.4 Å². The van der Waals surface area contributed by atoms with E-state index in [2.05, 4.69) is 30.9 Å². The zero-order chi connectivity index (χ0) is 23.0. The van der Waals surface area contributed by atoms with Crippen LogP contribution in [0.5, 0.6) is 0 Å². The Kier molecular flexibility index (Phi) is 7.85. The van der Waals surface area contributed by atoms with E-state index >= 15 is 0 Å². The molecule has 0 spiro atoms. The molecule has 1 atom stereocenters. The lowest BCUT2D eigenvalue weighted by atomic mass is 9.97. The lowest BCUT2D eigenvalue weighted by Crippen LogP contribution is -2.44. The molecule has 4 rings (SSSR count). The smallest absolute Gasteiger partial charge is 0.262 e. The highest BCUT2D eigenvalue weighted by Crippen LogP contribution is 2.29. The Morgan fingerprint density at radius 1 is 1.06 bits per heavy atom. The van der Waals surface area contributed by atoms with Crippen molar-refractivity contribution in [3.63, 3.8) is 0 Å². The van der Waals surface area contributed by atoms with Crippen molar-refractivity contribution in [2.75, 3.05) is 10.6 Å². The molecular weight excluding hydrogens is 460 g/mol. The van der Waals surface area contributed by atoms with Gasteiger partial charge in [0.2, 0.25) is 5.91 Å². The molecule has 0 aromatic carbocycles. The van der Waals surface area contributed by atoms with Gasteiger partial charge in [-0.25, -0.2) is 9.97 Å². The summed E-state index contributed by atoms with van der Waals surface area (Å²) < 4.78 is 0. The first-order chi connectivity index (χ1) is 16.1. The van der Waals surface area contributed by atoms with E-state index in [0.717, 1.165) is 23.4 Å². The van der Waals surface area contributed by atoms with Crippen LogP contribution in [0.2, 0.25) is 5.02 Å². The Bertz CT molecular complexity index is 1090. The summed E-state index contributed by atoms with van der Waals surface area (Å²) in [5.41, 5.74) is 1.31. The Morgan fingerprint density at radius 2 is 1.82 bits per heavy atom. The largest absolute Gasteiger partial charge is 0.379 e. The average Bonchev–Trinajstić information content (AvgIpc) is 3.50. The van der Waals surface area contributed by atoms with Crippen molar-refractivity contribution < 1.29 is 9.59 Å². The highest BCUT2D eigenvalue weighted by molar-refractivity contribution is 7.14. The number of hydrogen-bond acceptors (Lipinski definition) is 7. The van der Waals surface area contributed by atoms with Gasteiger partial charge in [0.25, 0.3) is 5.91 Å². The number of anilines is 2. The quantitative estimate of drug-likeness (QED) is 0.412. The predicted molar refractivity (Wildman–Crippen MR) is 129 cm³/mol. The van der Waals surface area contributed by atoms with E-state index in [4.69, 9.17) is 11.6 Å². The number of amides is 2. The van der Waals surface area contributed by atoms with Crippen LogP contribution >= 0.6 is 22.9 Å². The number of rotatable bonds is 9. The number of carbonyl (C=O) groups excluding carboxylic acids is 2. The molecule has 0 bridgehead atoms. The molecule has 1 saturated carbocycles. The number of hydrogen-bond donors (Lipinski definition) is 3. The van der Waals surface area contributed by atoms with Crippen molar-refractivity contribution in [1.29, 1.82) is 0 Å². The fraction of sp³-hybridized carbons (Fsp3) is 0.348. The van der Waals surface area contributed by atoms with E-state index in [1.807, 2.05) is 6.07 Å². The van der Waals surface area contributed by atoms with E-state index in [-0.39, 0.29) is 11.8 Å². The van der Waals surface area contributed by atoms with Gasteiger partial charge in [-0.3, -0.25) is 14.6 Å². The average molecular weight is 485 g/mol. The molecule has 1 fully saturated rings. The van der Waals surface area contributed by atoms with Gasteiger partial charge in [-0.2, -0.15) is 0 Å². The maximum absolute atomic E-state index is 13.0. The lowest BCUT2D eigenvalue weighted by Gasteiger charge is -2.21. The number of thiophene rings is 1. The van der Waals surface area contributed by atoms with Gasteiger partial charge in [0, 0.05) is 17.6 Å². The van der Waals surface area contributed by atoms with Crippen molar-refractivity contribution in [3.05, 3.63) is 64.1 Å². The van der Waals surface area contributed by atoms with Crippen LogP contribution in [0, 0.1) is 5.92 Å². The molecule has 8 nitrogen and oxygen atoms in total. The predicted octanol–water partition coefficient (Wildman–Crippen LogP) is 4.52. The lowest BCUT2D eigenvalue weighted by molar-refractivity contribution is -0.118. The summed E-state index contributed by atoms with van der Waals surface area (Å²) in [6.07, 6.45) is 12.9. The minimum Gasteiger partial charge on any atom is -0.379 e. The normalized spacial score (nSPS) is 14.6. The second kappa shape index (κ2) is 11.2. The minimum atomic E-state index is -0.623. The van der Waals surface area contributed by atoms with Crippen LogP contribution in [0.15, 0.2) is 49.3 Å². The first kappa shape index (κ1) is 23.1. The Morgan fingerprint density at radius 3 is 2.58 bits per heavy atom. The molecule has 1 aliphatic rings. The third-order valence-corrected chi connectivity index (χ3v) is 6.84. The minimum absolute atomic E-state index is 0.252. The van der Waals surface area contributed by atoms with Gasteiger partial charge < -0.3 is 16.0 Å². The van der Waals surface area contributed by atoms with Crippen molar-refractivity contribution >= 4 is 46.1 Å². The van der Waals surface area contributed by atoms with Crippen LogP contribution in [-0.4, -0.2) is 32.8 Å². The van der Waals surface area contributed by atoms with E-state index < -0.39 is 6.04 Å². The molecule has 0 aliphatic heterocycles. The van der Waals surface area contributed by atoms with Gasteiger partial charge in [0.1, 0.15) is 12.4 Å². The fourth-order valence-electron chi connectivity index (χ4n) is 3.93. The summed E-state index contributed by atoms with van der Waals surface area (Å²) >= 11 is 7.35. The third-order valence-electron chi connectivity index (χ3n) is 5.55. The third kappa shape index (κ3) is 6.72. The fourth-order valence-corrected chi connectivity index (χ4v) is 4.95. The molecule has 0 saturated heterocycles. The SMILES string of the molecule is O=C(N[C@@H](CC1CCCC1)C(=O)Nc1cncnc1)c1ccc(CNc2cncc(Cl)c2)s1. The van der Waals surface area contributed by atoms with Crippen molar-refractivity contribution in [3.8, 4) is 0 Å². The first-order valence-corrected chi connectivity index (χ1v) is 12.1. The zero-order valence-electron chi connectivity index (χ0n) is 18.0. The molecule has 10 heteroatoms. The molecule has 3 N–H and O–H groups in total. The molecule has 2 amide bonds. The molecule has 0 radical (unpaired) electrons. The maximum Gasteiger partial charge on any atom is 0.262 e. The van der Waals surface area contributed by atoms with Gasteiger partial charge >= 0.3 is 0 Å². The summed E-state index contributed by atoms with van der Waals surface area (Å²) in [6, 6.07) is 4.85. The summed E-state index contributed by atoms with van der Waals surface area (Å²) in [6.45, 7) is 0.542. The zero-order valence-corrected chi connectivity index (χ0v) is 19.5. The maximum atomic E-state index is 13.0. The number of halogens is 1. The highest BCUT2D eigenvalue weighted by Gasteiger charge is 2.27. The van der Waals surface area contributed by atoms with Crippen LogP contribution in [0.3, 0.4) is 0 Å². The second-order valence-corrected chi connectivity index (χ2v) is 9.64. The van der Waals surface area contributed by atoms with Crippen LogP contribution in [0.1, 0.15) is 46.7 Å². The molecule has 0 unspecified atom stereocenters. The van der Waals surface area contributed by atoms with Gasteiger partial charge in [0.15, 0.2) is 0 Å². The van der Waals surface area contributed by atoms with Gasteiger partial charge in [0.05, 0.1) is 39.9 Å². The summed E-state index contributed by atoms with van der Waals surface area (Å²) in [5, 5.41) is 9.56. The summed E-state index contributed by atoms with van der Waals surface area (Å²) in [5.74, 6) is -0.0717. The number of aromatic nitrogens is 3. The molecule has 3 heterocycles. The van der Waals surface area contributed by atoms with E-state index in [1.165, 1.54) is 42.9 Å². The number of carbonyl (C=O) groups is 2. The Balaban J connectivity index is 1.38. The standard InChI is InChI=1S/C23H25ClN6O2S/c24-16-8-17(10-25-9-16)28-13-19-5-6-21(33-19)23(32)30-20(7-15-3-1-2-4-15)22(31)29-18-11-26-14-27-12-18/h5-6,8-12,14-15,20,28H,1-4,7,13H2,(H,29,31)(H,30,32)/t20-/m0/s1. The number of nitrogens with zero attached hydrogens (tertiary/aromatic N) is 3. The molecule has 33 heavy (non-hydrogen) atoms. The Hall–Kier alpha value is -3.04. The molecule has 3 aromatic rings. The van der Waals surface area contributed by atoms with Gasteiger partial charge in [-0.05, 0) is 30.5 Å². The van der Waals surface area contributed by atoms with Crippen molar-refractivity contribution in [2.24, 2.45) is 5.92 Å². The Labute approximate surface area is 201 Å². The highest BCUT2D eigenvalue weighted by atomic mass is 35.5. The van der Waals surface area contributed by atoms with Crippen molar-refractivity contribution in [2.45, 2.75) is 44.7 Å². The van der Waals surface area contributed by atoms with Crippen LogP contribution in [-0.2, 0) is 11.3 Å². The van der Waals surface area contributed by atoms with Crippen molar-refractivity contribution in [1.82, 2.24) is 20.3 Å². The topological polar surface area (TPSA) is 109 Å². The summed E-state index contributed by atoms with van der Waals surface area (Å²) in [7, 11) is 0. The summed E-state index contributed by atoms with van der Waals surface area (Å²) in [4.78, 5) is 39.4. The molecular formula is C23H25ClN6O2S.